The van der Waals surface area contributed by atoms with Crippen LogP contribution in [0.4, 0.5) is 17.6 Å². The summed E-state index contributed by atoms with van der Waals surface area (Å²) in [7, 11) is 0. The fourth-order valence-electron chi connectivity index (χ4n) is 5.46. The van der Waals surface area contributed by atoms with Gasteiger partial charge >= 0.3 is 0 Å². The molecule has 3 atom stereocenters. The molecule has 1 aliphatic carbocycles. The molecule has 3 aromatic heterocycles. The number of rotatable bonds is 6. The molecule has 7 rings (SSSR count). The van der Waals surface area contributed by atoms with E-state index < -0.39 is 0 Å². The Morgan fingerprint density at radius 3 is 2.97 bits per heavy atom. The van der Waals surface area contributed by atoms with Gasteiger partial charge in [-0.2, -0.15) is 10.1 Å². The van der Waals surface area contributed by atoms with Crippen LogP contribution >= 0.6 is 11.3 Å². The van der Waals surface area contributed by atoms with Crippen LogP contribution in [-0.4, -0.2) is 69.5 Å². The quantitative estimate of drug-likeness (QED) is 0.611. The van der Waals surface area contributed by atoms with E-state index in [1.165, 1.54) is 37.8 Å². The Labute approximate surface area is 185 Å². The van der Waals surface area contributed by atoms with Gasteiger partial charge < -0.3 is 15.0 Å². The van der Waals surface area contributed by atoms with Crippen LogP contribution in [0.1, 0.15) is 43.7 Å². The molecule has 31 heavy (non-hydrogen) atoms. The minimum atomic E-state index is 0.427. The Balaban J connectivity index is 1.12. The van der Waals surface area contributed by atoms with Crippen LogP contribution in [0.3, 0.4) is 0 Å². The molecule has 6 heterocycles. The van der Waals surface area contributed by atoms with Gasteiger partial charge in [0.1, 0.15) is 0 Å². The van der Waals surface area contributed by atoms with Gasteiger partial charge in [-0.15, -0.1) is 11.3 Å². The topological polar surface area (TPSA) is 82.2 Å². The van der Waals surface area contributed by atoms with Crippen molar-refractivity contribution in [2.75, 3.05) is 36.5 Å². The van der Waals surface area contributed by atoms with Crippen LogP contribution in [0, 0.1) is 0 Å². The van der Waals surface area contributed by atoms with Crippen LogP contribution in [0.5, 0.6) is 0 Å². The molecular weight excluding hydrogens is 410 g/mol. The van der Waals surface area contributed by atoms with Crippen LogP contribution in [-0.2, 0) is 4.74 Å². The zero-order valence-electron chi connectivity index (χ0n) is 17.5. The van der Waals surface area contributed by atoms with Crippen molar-refractivity contribution in [1.29, 1.82) is 0 Å². The average Bonchev–Trinajstić information content (AvgIpc) is 3.32. The number of fused-ring (bicyclic) bond motifs is 3. The van der Waals surface area contributed by atoms with Crippen LogP contribution < -0.4 is 10.2 Å². The van der Waals surface area contributed by atoms with Crippen molar-refractivity contribution >= 4 is 39.1 Å². The molecule has 2 N–H and O–H groups in total. The van der Waals surface area contributed by atoms with Crippen LogP contribution in [0.15, 0.2) is 17.5 Å². The number of aromatic amines is 1. The summed E-state index contributed by atoms with van der Waals surface area (Å²) >= 11 is 1.68. The van der Waals surface area contributed by atoms with Gasteiger partial charge in [0.2, 0.25) is 5.95 Å². The predicted molar refractivity (Wildman–Crippen MR) is 121 cm³/mol. The summed E-state index contributed by atoms with van der Waals surface area (Å²) in [6.07, 6.45) is 6.56. The van der Waals surface area contributed by atoms with Crippen molar-refractivity contribution in [3.8, 4) is 0 Å². The van der Waals surface area contributed by atoms with E-state index in [1.54, 1.807) is 11.3 Å². The van der Waals surface area contributed by atoms with E-state index in [0.717, 1.165) is 54.0 Å². The molecule has 0 amide bonds. The number of likely N-dealkylation sites (tertiary alicyclic amines) is 1. The van der Waals surface area contributed by atoms with E-state index in [2.05, 4.69) is 42.8 Å². The van der Waals surface area contributed by atoms with Crippen molar-refractivity contribution in [2.24, 2.45) is 0 Å². The van der Waals surface area contributed by atoms with Gasteiger partial charge in [-0.05, 0) is 43.6 Å². The number of piperazine rings is 1. The maximum Gasteiger partial charge on any atom is 0.228 e. The van der Waals surface area contributed by atoms with E-state index in [1.807, 2.05) is 0 Å². The zero-order chi connectivity index (χ0) is 20.4. The Morgan fingerprint density at radius 1 is 1.19 bits per heavy atom. The molecule has 1 saturated carbocycles. The molecule has 162 valence electrons. The number of anilines is 3. The average molecular weight is 438 g/mol. The Hall–Kier alpha value is -2.23. The molecule has 0 aromatic carbocycles. The summed E-state index contributed by atoms with van der Waals surface area (Å²) in [4.78, 5) is 15.0. The Bertz CT molecular complexity index is 1100. The molecule has 3 aromatic rings. The first-order valence-corrected chi connectivity index (χ1v) is 12.4. The number of aromatic nitrogens is 4. The highest BCUT2D eigenvalue weighted by molar-refractivity contribution is 7.17. The van der Waals surface area contributed by atoms with E-state index in [4.69, 9.17) is 14.7 Å². The standard InChI is InChI=1S/C22H27N7OS/c1-2-16(30-6-1)12-28-10-15-8-14(28)11-29(15)22-23-17-5-7-31-20(17)21(25-22)24-19-9-18(26-27-19)13-3-4-13/h5,7,9,13-16H,1-4,6,8,10-12H2,(H2,23,24,25,26,27)/t14-,15+,16?/m1/s1. The number of hydrogen-bond donors (Lipinski definition) is 2. The third-order valence-electron chi connectivity index (χ3n) is 7.23. The van der Waals surface area contributed by atoms with Crippen molar-refractivity contribution in [3.05, 3.63) is 23.2 Å². The van der Waals surface area contributed by atoms with Gasteiger partial charge in [0.05, 0.1) is 16.3 Å². The molecule has 8 nitrogen and oxygen atoms in total. The second-order valence-electron chi connectivity index (χ2n) is 9.40. The van der Waals surface area contributed by atoms with Crippen molar-refractivity contribution in [2.45, 2.75) is 56.2 Å². The molecular formula is C22H27N7OS. The second-order valence-corrected chi connectivity index (χ2v) is 10.3. The van der Waals surface area contributed by atoms with E-state index in [-0.39, 0.29) is 0 Å². The fourth-order valence-corrected chi connectivity index (χ4v) is 6.23. The third kappa shape index (κ3) is 3.30. The van der Waals surface area contributed by atoms with E-state index in [9.17, 15) is 0 Å². The van der Waals surface area contributed by atoms with Gasteiger partial charge in [-0.25, -0.2) is 4.98 Å². The maximum atomic E-state index is 5.87. The number of ether oxygens (including phenoxy) is 1. The fraction of sp³-hybridized carbons (Fsp3) is 0.591. The lowest BCUT2D eigenvalue weighted by Gasteiger charge is -2.35. The van der Waals surface area contributed by atoms with Gasteiger partial charge in [0.25, 0.3) is 0 Å². The van der Waals surface area contributed by atoms with Crippen LogP contribution in [0.25, 0.3) is 10.2 Å². The summed E-state index contributed by atoms with van der Waals surface area (Å²) < 4.78 is 6.96. The van der Waals surface area contributed by atoms with Crippen molar-refractivity contribution < 1.29 is 4.74 Å². The number of nitrogens with one attached hydrogen (secondary N) is 2. The van der Waals surface area contributed by atoms with Crippen LogP contribution in [0.2, 0.25) is 0 Å². The largest absolute Gasteiger partial charge is 0.377 e. The highest BCUT2D eigenvalue weighted by atomic mass is 32.1. The van der Waals surface area contributed by atoms with E-state index >= 15 is 0 Å². The number of H-pyrrole nitrogens is 1. The molecule has 0 radical (unpaired) electrons. The number of thiophene rings is 1. The molecule has 0 spiro atoms. The van der Waals surface area contributed by atoms with Crippen molar-refractivity contribution in [1.82, 2.24) is 25.1 Å². The zero-order valence-corrected chi connectivity index (χ0v) is 18.3. The minimum Gasteiger partial charge on any atom is -0.377 e. The van der Waals surface area contributed by atoms with E-state index in [0.29, 0.717) is 24.1 Å². The third-order valence-corrected chi connectivity index (χ3v) is 8.14. The number of nitrogens with zero attached hydrogens (tertiary/aromatic N) is 5. The molecule has 4 aliphatic rings. The lowest BCUT2D eigenvalue weighted by Crippen LogP contribution is -2.49. The summed E-state index contributed by atoms with van der Waals surface area (Å²) in [5.41, 5.74) is 2.23. The monoisotopic (exact) mass is 437 g/mol. The highest BCUT2D eigenvalue weighted by Crippen LogP contribution is 2.40. The first-order valence-electron chi connectivity index (χ1n) is 11.5. The van der Waals surface area contributed by atoms with Gasteiger partial charge in [0.15, 0.2) is 11.6 Å². The lowest BCUT2D eigenvalue weighted by molar-refractivity contribution is 0.0667. The molecule has 1 unspecified atom stereocenters. The predicted octanol–water partition coefficient (Wildman–Crippen LogP) is 3.48. The smallest absolute Gasteiger partial charge is 0.228 e. The highest BCUT2D eigenvalue weighted by Gasteiger charge is 2.45. The van der Waals surface area contributed by atoms with Gasteiger partial charge in [-0.1, -0.05) is 0 Å². The van der Waals surface area contributed by atoms with Gasteiger partial charge in [-0.3, -0.25) is 10.00 Å². The maximum absolute atomic E-state index is 5.87. The first-order chi connectivity index (χ1) is 15.3. The molecule has 2 bridgehead atoms. The lowest BCUT2D eigenvalue weighted by atomic mass is 10.2. The summed E-state index contributed by atoms with van der Waals surface area (Å²) in [6, 6.07) is 5.29. The summed E-state index contributed by atoms with van der Waals surface area (Å²) in [6.45, 7) is 4.10. The van der Waals surface area contributed by atoms with Crippen molar-refractivity contribution in [3.63, 3.8) is 0 Å². The number of hydrogen-bond acceptors (Lipinski definition) is 8. The first kappa shape index (κ1) is 18.4. The molecule has 3 aliphatic heterocycles. The molecule has 9 heteroatoms. The molecule has 4 fully saturated rings. The molecule has 3 saturated heterocycles. The second kappa shape index (κ2) is 7.15. The summed E-state index contributed by atoms with van der Waals surface area (Å²) in [5, 5.41) is 13.2. The Morgan fingerprint density at radius 2 is 2.16 bits per heavy atom. The Kier molecular flexibility index (Phi) is 4.23. The van der Waals surface area contributed by atoms with Gasteiger partial charge in [0, 0.05) is 56.0 Å². The SMILES string of the molecule is c1cc2nc(N3C[C@H]4C[C@H]3CN4CC3CCCO3)nc(Nc3cc(C4CC4)[nH]n3)c2s1. The minimum absolute atomic E-state index is 0.427. The normalized spacial score (nSPS) is 28.3. The summed E-state index contributed by atoms with van der Waals surface area (Å²) in [5.74, 6) is 3.20.